The van der Waals surface area contributed by atoms with Gasteiger partial charge in [0, 0.05) is 12.6 Å². The van der Waals surface area contributed by atoms with Crippen molar-refractivity contribution in [1.82, 2.24) is 10.5 Å². The van der Waals surface area contributed by atoms with Crippen LogP contribution in [-0.4, -0.2) is 18.2 Å². The molecule has 1 atom stereocenters. The molecule has 0 radical (unpaired) electrons. The van der Waals surface area contributed by atoms with Gasteiger partial charge in [-0.05, 0) is 26.3 Å². The van der Waals surface area contributed by atoms with Gasteiger partial charge in [-0.25, -0.2) is 0 Å². The zero-order chi connectivity index (χ0) is 9.31. The Bertz CT molecular complexity index is 289. The Morgan fingerprint density at radius 2 is 2.54 bits per heavy atom. The number of nitrogens with one attached hydrogen (secondary N) is 1. The summed E-state index contributed by atoms with van der Waals surface area (Å²) < 4.78 is 5.03. The number of hydrogen-bond donors (Lipinski definition) is 2. The number of aromatic nitrogens is 1. The van der Waals surface area contributed by atoms with Gasteiger partial charge in [-0.3, -0.25) is 0 Å². The molecule has 1 aromatic rings. The molecule has 4 nitrogen and oxygen atoms in total. The monoisotopic (exact) mass is 181 g/mol. The van der Waals surface area contributed by atoms with E-state index in [-0.39, 0.29) is 5.54 Å². The molecule has 1 fully saturated rings. The Kier molecular flexibility index (Phi) is 2.09. The van der Waals surface area contributed by atoms with Crippen LogP contribution < -0.4 is 11.1 Å². The van der Waals surface area contributed by atoms with Crippen molar-refractivity contribution in [2.75, 3.05) is 13.1 Å². The molecule has 13 heavy (non-hydrogen) atoms. The van der Waals surface area contributed by atoms with Gasteiger partial charge in [0.25, 0.3) is 0 Å². The third-order valence-electron chi connectivity index (χ3n) is 2.55. The van der Waals surface area contributed by atoms with Crippen molar-refractivity contribution < 1.29 is 4.52 Å². The lowest BCUT2D eigenvalue weighted by molar-refractivity contribution is 0.293. The first-order chi connectivity index (χ1) is 6.21. The molecule has 1 saturated heterocycles. The number of aryl methyl sites for hydroxylation is 1. The Hall–Kier alpha value is -0.870. The molecule has 2 heterocycles. The van der Waals surface area contributed by atoms with Gasteiger partial charge in [-0.15, -0.1) is 0 Å². The van der Waals surface area contributed by atoms with Crippen molar-refractivity contribution in [3.63, 3.8) is 0 Å². The fourth-order valence-corrected chi connectivity index (χ4v) is 1.75. The highest BCUT2D eigenvalue weighted by molar-refractivity contribution is 5.16. The summed E-state index contributed by atoms with van der Waals surface area (Å²) in [5.74, 6) is 0.824. The van der Waals surface area contributed by atoms with Crippen LogP contribution in [0.3, 0.4) is 0 Å². The Balaban J connectivity index is 2.22. The zero-order valence-corrected chi connectivity index (χ0v) is 7.84. The summed E-state index contributed by atoms with van der Waals surface area (Å²) in [7, 11) is 0. The summed E-state index contributed by atoms with van der Waals surface area (Å²) in [4.78, 5) is 0. The summed E-state index contributed by atoms with van der Waals surface area (Å²) in [5.41, 5.74) is 6.76. The minimum Gasteiger partial charge on any atom is -0.361 e. The summed E-state index contributed by atoms with van der Waals surface area (Å²) in [6.07, 6.45) is 2.08. The number of rotatable bonds is 1. The normalized spacial score (nSPS) is 29.1. The molecule has 4 heteroatoms. The Morgan fingerprint density at radius 3 is 3.08 bits per heavy atom. The average molecular weight is 181 g/mol. The quantitative estimate of drug-likeness (QED) is 0.663. The van der Waals surface area contributed by atoms with Crippen molar-refractivity contribution in [1.29, 1.82) is 0 Å². The Labute approximate surface area is 77.5 Å². The first-order valence-corrected chi connectivity index (χ1v) is 4.64. The molecule has 1 aliphatic heterocycles. The first kappa shape index (κ1) is 8.72. The van der Waals surface area contributed by atoms with Gasteiger partial charge in [0.15, 0.2) is 0 Å². The summed E-state index contributed by atoms with van der Waals surface area (Å²) >= 11 is 0. The highest BCUT2D eigenvalue weighted by Gasteiger charge is 2.32. The fraction of sp³-hybridized carbons (Fsp3) is 0.667. The van der Waals surface area contributed by atoms with Gasteiger partial charge >= 0.3 is 0 Å². The van der Waals surface area contributed by atoms with E-state index in [2.05, 4.69) is 10.5 Å². The van der Waals surface area contributed by atoms with Gasteiger partial charge in [-0.2, -0.15) is 0 Å². The molecule has 72 valence electrons. The minimum absolute atomic E-state index is 0.323. The van der Waals surface area contributed by atoms with Crippen LogP contribution in [0.2, 0.25) is 0 Å². The van der Waals surface area contributed by atoms with E-state index in [0.717, 1.165) is 37.4 Å². The van der Waals surface area contributed by atoms with Crippen LogP contribution in [0.15, 0.2) is 10.6 Å². The van der Waals surface area contributed by atoms with Crippen LogP contribution in [-0.2, 0) is 5.54 Å². The maximum absolute atomic E-state index is 6.21. The van der Waals surface area contributed by atoms with Gasteiger partial charge in [0.2, 0.25) is 0 Å². The zero-order valence-electron chi connectivity index (χ0n) is 7.84. The van der Waals surface area contributed by atoms with Crippen LogP contribution in [0.25, 0.3) is 0 Å². The lowest BCUT2D eigenvalue weighted by Crippen LogP contribution is -2.50. The van der Waals surface area contributed by atoms with Crippen molar-refractivity contribution >= 4 is 0 Å². The molecule has 0 aromatic carbocycles. The lowest BCUT2D eigenvalue weighted by Gasteiger charge is -2.31. The maximum atomic E-state index is 6.21. The van der Waals surface area contributed by atoms with Gasteiger partial charge in [-0.1, -0.05) is 5.16 Å². The van der Waals surface area contributed by atoms with Crippen molar-refractivity contribution in [2.45, 2.75) is 25.3 Å². The van der Waals surface area contributed by atoms with E-state index in [1.807, 2.05) is 13.0 Å². The highest BCUT2D eigenvalue weighted by atomic mass is 16.5. The minimum atomic E-state index is -0.323. The molecule has 1 unspecified atom stereocenters. The van der Waals surface area contributed by atoms with E-state index in [4.69, 9.17) is 10.3 Å². The van der Waals surface area contributed by atoms with Gasteiger partial charge < -0.3 is 15.6 Å². The van der Waals surface area contributed by atoms with E-state index in [1.165, 1.54) is 0 Å². The second-order valence-corrected chi connectivity index (χ2v) is 3.76. The van der Waals surface area contributed by atoms with E-state index in [9.17, 15) is 0 Å². The molecular formula is C9H15N3O. The molecule has 0 amide bonds. The number of nitrogens with two attached hydrogens (primary N) is 1. The molecule has 1 aliphatic rings. The van der Waals surface area contributed by atoms with E-state index < -0.39 is 0 Å². The second-order valence-electron chi connectivity index (χ2n) is 3.76. The van der Waals surface area contributed by atoms with Gasteiger partial charge in [0.1, 0.15) is 11.5 Å². The summed E-state index contributed by atoms with van der Waals surface area (Å²) in [5, 5.41) is 7.25. The number of nitrogens with zero attached hydrogens (tertiary/aromatic N) is 1. The molecular weight excluding hydrogens is 166 g/mol. The Morgan fingerprint density at radius 1 is 1.69 bits per heavy atom. The van der Waals surface area contributed by atoms with E-state index in [0.29, 0.717) is 0 Å². The summed E-state index contributed by atoms with van der Waals surface area (Å²) in [6, 6.07) is 1.92. The molecule has 0 aliphatic carbocycles. The third kappa shape index (κ3) is 1.59. The number of piperidine rings is 1. The smallest absolute Gasteiger partial charge is 0.134 e. The van der Waals surface area contributed by atoms with Crippen molar-refractivity contribution in [3.8, 4) is 0 Å². The van der Waals surface area contributed by atoms with E-state index >= 15 is 0 Å². The predicted octanol–water partition coefficient (Wildman–Crippen LogP) is 0.520. The lowest BCUT2D eigenvalue weighted by atomic mass is 9.88. The average Bonchev–Trinajstić information content (AvgIpc) is 2.54. The highest BCUT2D eigenvalue weighted by Crippen LogP contribution is 2.24. The fourth-order valence-electron chi connectivity index (χ4n) is 1.75. The van der Waals surface area contributed by atoms with Crippen LogP contribution in [0.4, 0.5) is 0 Å². The van der Waals surface area contributed by atoms with Crippen molar-refractivity contribution in [2.24, 2.45) is 5.73 Å². The molecule has 2 rings (SSSR count). The van der Waals surface area contributed by atoms with E-state index in [1.54, 1.807) is 0 Å². The molecule has 3 N–H and O–H groups in total. The summed E-state index contributed by atoms with van der Waals surface area (Å²) in [6.45, 7) is 3.73. The second kappa shape index (κ2) is 3.12. The maximum Gasteiger partial charge on any atom is 0.134 e. The van der Waals surface area contributed by atoms with Gasteiger partial charge in [0.05, 0.1) is 5.54 Å². The third-order valence-corrected chi connectivity index (χ3v) is 2.55. The SMILES string of the molecule is Cc1cc(C2(N)CCCNC2)no1. The first-order valence-electron chi connectivity index (χ1n) is 4.64. The molecule has 0 saturated carbocycles. The standard InChI is InChI=1S/C9H15N3O/c1-7-5-8(12-13-7)9(10)3-2-4-11-6-9/h5,11H,2-4,6,10H2,1H3. The molecule has 1 aromatic heterocycles. The number of hydrogen-bond acceptors (Lipinski definition) is 4. The molecule has 0 bridgehead atoms. The van der Waals surface area contributed by atoms with Crippen LogP contribution in [0, 0.1) is 6.92 Å². The van der Waals surface area contributed by atoms with Crippen LogP contribution in [0.1, 0.15) is 24.3 Å². The van der Waals surface area contributed by atoms with Crippen LogP contribution in [0.5, 0.6) is 0 Å². The molecule has 0 spiro atoms. The topological polar surface area (TPSA) is 64.1 Å². The van der Waals surface area contributed by atoms with Crippen LogP contribution >= 0.6 is 0 Å². The van der Waals surface area contributed by atoms with Crippen molar-refractivity contribution in [3.05, 3.63) is 17.5 Å². The largest absolute Gasteiger partial charge is 0.361 e. The predicted molar refractivity (Wildman–Crippen MR) is 49.2 cm³/mol.